The normalized spacial score (nSPS) is 9.67. The van der Waals surface area contributed by atoms with Gasteiger partial charge in [-0.15, -0.1) is 9.24 Å². The van der Waals surface area contributed by atoms with E-state index in [1.165, 1.54) is 16.4 Å². The van der Waals surface area contributed by atoms with E-state index in [-0.39, 0.29) is 0 Å². The Hall–Kier alpha value is -0.350. The smallest absolute Gasteiger partial charge is 0.0244 e. The van der Waals surface area contributed by atoms with Crippen molar-refractivity contribution in [3.8, 4) is 0 Å². The van der Waals surface area contributed by atoms with E-state index in [1.54, 1.807) is 0 Å². The van der Waals surface area contributed by atoms with Crippen LogP contribution in [0.3, 0.4) is 0 Å². The van der Waals surface area contributed by atoms with Gasteiger partial charge >= 0.3 is 0 Å². The van der Waals surface area contributed by atoms with Crippen LogP contribution in [0.25, 0.3) is 0 Å². The number of hydrogen-bond acceptors (Lipinski definition) is 0. The van der Waals surface area contributed by atoms with Gasteiger partial charge in [0.15, 0.2) is 0 Å². The van der Waals surface area contributed by atoms with Crippen molar-refractivity contribution in [1.82, 2.24) is 0 Å². The summed E-state index contributed by atoms with van der Waals surface area (Å²) in [5, 5.41) is 1.33. The van der Waals surface area contributed by atoms with E-state index < -0.39 is 0 Å². The van der Waals surface area contributed by atoms with Gasteiger partial charge in [0, 0.05) is 0 Å². The van der Waals surface area contributed by atoms with Gasteiger partial charge in [-0.25, -0.2) is 0 Å². The van der Waals surface area contributed by atoms with Gasteiger partial charge in [-0.3, -0.25) is 0 Å². The molecule has 0 aromatic heterocycles. The van der Waals surface area contributed by atoms with Crippen LogP contribution in [-0.4, -0.2) is 0 Å². The molecule has 0 aliphatic heterocycles. The molecule has 0 radical (unpaired) electrons. The predicted molar refractivity (Wildman–Crippen MR) is 45.3 cm³/mol. The predicted octanol–water partition coefficient (Wildman–Crippen LogP) is 1.80. The molecule has 1 aromatic rings. The molecule has 0 amide bonds. The first-order valence-corrected chi connectivity index (χ1v) is 3.61. The summed E-state index contributed by atoms with van der Waals surface area (Å²) in [6.07, 6.45) is 0. The molecule has 1 unspecified atom stereocenters. The SMILES string of the molecule is Cc1cccc(C)c1P. The lowest BCUT2D eigenvalue weighted by Crippen LogP contribution is -1.99. The minimum absolute atomic E-state index is 1.33. The highest BCUT2D eigenvalue weighted by molar-refractivity contribution is 7.27. The summed E-state index contributed by atoms with van der Waals surface area (Å²) in [6.45, 7) is 4.24. The number of aryl methyl sites for hydroxylation is 2. The molecule has 1 atom stereocenters. The van der Waals surface area contributed by atoms with Crippen LogP contribution in [0.4, 0.5) is 0 Å². The third-order valence-electron chi connectivity index (χ3n) is 1.54. The third kappa shape index (κ3) is 1.31. The Balaban J connectivity index is 3.25. The lowest BCUT2D eigenvalue weighted by atomic mass is 10.2. The standard InChI is InChI=1S/C8H11P/c1-6-4-3-5-7(2)8(6)9/h3-5H,9H2,1-2H3. The highest BCUT2D eigenvalue weighted by Gasteiger charge is 1.92. The van der Waals surface area contributed by atoms with Crippen LogP contribution in [-0.2, 0) is 0 Å². The van der Waals surface area contributed by atoms with Crippen LogP contribution in [0, 0.1) is 13.8 Å². The Morgan fingerprint density at radius 1 is 1.11 bits per heavy atom. The fraction of sp³-hybridized carbons (Fsp3) is 0.250. The van der Waals surface area contributed by atoms with Crippen molar-refractivity contribution in [2.45, 2.75) is 13.8 Å². The Labute approximate surface area is 58.5 Å². The third-order valence-corrected chi connectivity index (χ3v) is 2.45. The first-order valence-electron chi connectivity index (χ1n) is 3.03. The summed E-state index contributed by atoms with van der Waals surface area (Å²) in [6, 6.07) is 6.32. The van der Waals surface area contributed by atoms with Gasteiger partial charge in [-0.2, -0.15) is 0 Å². The zero-order chi connectivity index (χ0) is 6.85. The van der Waals surface area contributed by atoms with Crippen molar-refractivity contribution in [3.63, 3.8) is 0 Å². The summed E-state index contributed by atoms with van der Waals surface area (Å²) in [5.41, 5.74) is 2.69. The minimum atomic E-state index is 1.33. The molecule has 9 heavy (non-hydrogen) atoms. The average molecular weight is 138 g/mol. The molecule has 0 saturated heterocycles. The maximum absolute atomic E-state index is 2.74. The fourth-order valence-electron chi connectivity index (χ4n) is 0.827. The zero-order valence-corrected chi connectivity index (χ0v) is 6.96. The van der Waals surface area contributed by atoms with Gasteiger partial charge in [-0.05, 0) is 30.3 Å². The van der Waals surface area contributed by atoms with Crippen molar-refractivity contribution >= 4 is 14.5 Å². The van der Waals surface area contributed by atoms with Crippen molar-refractivity contribution in [3.05, 3.63) is 29.3 Å². The molecule has 0 aliphatic carbocycles. The quantitative estimate of drug-likeness (QED) is 0.479. The first-order chi connectivity index (χ1) is 4.22. The Bertz CT molecular complexity index is 196. The van der Waals surface area contributed by atoms with Crippen molar-refractivity contribution in [1.29, 1.82) is 0 Å². The van der Waals surface area contributed by atoms with Crippen molar-refractivity contribution < 1.29 is 0 Å². The van der Waals surface area contributed by atoms with Crippen LogP contribution in [0.15, 0.2) is 18.2 Å². The van der Waals surface area contributed by atoms with Gasteiger partial charge in [0.25, 0.3) is 0 Å². The number of rotatable bonds is 0. The summed E-state index contributed by atoms with van der Waals surface area (Å²) in [4.78, 5) is 0. The highest BCUT2D eigenvalue weighted by Crippen LogP contribution is 2.02. The van der Waals surface area contributed by atoms with Gasteiger partial charge < -0.3 is 0 Å². The maximum Gasteiger partial charge on any atom is -0.0244 e. The molecule has 0 bridgehead atoms. The summed E-state index contributed by atoms with van der Waals surface area (Å²) in [5.74, 6) is 0. The lowest BCUT2D eigenvalue weighted by Gasteiger charge is -2.00. The molecule has 0 nitrogen and oxygen atoms in total. The van der Waals surface area contributed by atoms with E-state index in [4.69, 9.17) is 0 Å². The molecule has 48 valence electrons. The van der Waals surface area contributed by atoms with Crippen LogP contribution >= 0.6 is 9.24 Å². The molecule has 0 heterocycles. The van der Waals surface area contributed by atoms with E-state index in [2.05, 4.69) is 41.3 Å². The topological polar surface area (TPSA) is 0 Å². The van der Waals surface area contributed by atoms with Gasteiger partial charge in [0.05, 0.1) is 0 Å². The van der Waals surface area contributed by atoms with Crippen LogP contribution in [0.2, 0.25) is 0 Å². The Morgan fingerprint density at radius 2 is 1.56 bits per heavy atom. The molecular weight excluding hydrogens is 127 g/mol. The molecule has 1 rings (SSSR count). The van der Waals surface area contributed by atoms with Crippen LogP contribution < -0.4 is 5.30 Å². The number of hydrogen-bond donors (Lipinski definition) is 0. The second kappa shape index (κ2) is 2.49. The van der Waals surface area contributed by atoms with Gasteiger partial charge in [-0.1, -0.05) is 18.2 Å². The fourth-order valence-corrected chi connectivity index (χ4v) is 1.02. The summed E-state index contributed by atoms with van der Waals surface area (Å²) < 4.78 is 0. The van der Waals surface area contributed by atoms with E-state index in [0.29, 0.717) is 0 Å². The van der Waals surface area contributed by atoms with Crippen molar-refractivity contribution in [2.24, 2.45) is 0 Å². The first kappa shape index (κ1) is 6.77. The van der Waals surface area contributed by atoms with Crippen LogP contribution in [0.1, 0.15) is 11.1 Å². The molecule has 0 spiro atoms. The molecule has 0 aliphatic rings. The molecule has 1 aromatic carbocycles. The molecule has 0 saturated carbocycles. The van der Waals surface area contributed by atoms with Gasteiger partial charge in [0.2, 0.25) is 0 Å². The summed E-state index contributed by atoms with van der Waals surface area (Å²) in [7, 11) is 2.74. The van der Waals surface area contributed by atoms with E-state index >= 15 is 0 Å². The highest BCUT2D eigenvalue weighted by atomic mass is 31.0. The minimum Gasteiger partial charge on any atom is -0.105 e. The van der Waals surface area contributed by atoms with E-state index in [1.807, 2.05) is 0 Å². The summed E-state index contributed by atoms with van der Waals surface area (Å²) >= 11 is 0. The maximum atomic E-state index is 2.74. The van der Waals surface area contributed by atoms with Crippen molar-refractivity contribution in [2.75, 3.05) is 0 Å². The second-order valence-corrected chi connectivity index (χ2v) is 2.88. The van der Waals surface area contributed by atoms with Crippen LogP contribution in [0.5, 0.6) is 0 Å². The van der Waals surface area contributed by atoms with E-state index in [9.17, 15) is 0 Å². The zero-order valence-electron chi connectivity index (χ0n) is 5.81. The largest absolute Gasteiger partial charge is 0.105 e. The molecule has 0 N–H and O–H groups in total. The number of benzene rings is 1. The Kier molecular flexibility index (Phi) is 1.87. The molecule has 0 fully saturated rings. The average Bonchev–Trinajstić information content (AvgIpc) is 1.83. The second-order valence-electron chi connectivity index (χ2n) is 2.31. The lowest BCUT2D eigenvalue weighted by molar-refractivity contribution is 1.44. The molecule has 1 heteroatoms. The Morgan fingerprint density at radius 3 is 1.89 bits per heavy atom. The monoisotopic (exact) mass is 138 g/mol. The van der Waals surface area contributed by atoms with E-state index in [0.717, 1.165) is 0 Å². The van der Waals surface area contributed by atoms with Gasteiger partial charge in [0.1, 0.15) is 0 Å². The molecular formula is C8H11P.